The Morgan fingerprint density at radius 3 is 2.60 bits per heavy atom. The Hall–Kier alpha value is -2.70. The zero-order valence-corrected chi connectivity index (χ0v) is 22.0. The van der Waals surface area contributed by atoms with Gasteiger partial charge < -0.3 is 15.2 Å². The van der Waals surface area contributed by atoms with Crippen molar-refractivity contribution in [1.29, 1.82) is 0 Å². The first kappa shape index (κ1) is 26.9. The molecule has 0 bridgehead atoms. The van der Waals surface area contributed by atoms with Crippen molar-refractivity contribution in [1.82, 2.24) is 20.2 Å². The number of hydrogen-bond acceptors (Lipinski definition) is 4. The van der Waals surface area contributed by atoms with E-state index in [9.17, 15) is 14.4 Å². The van der Waals surface area contributed by atoms with E-state index in [0.717, 1.165) is 49.1 Å². The minimum atomic E-state index is -0.818. The van der Waals surface area contributed by atoms with Gasteiger partial charge >= 0.3 is 0 Å². The SMILES string of the molecule is CC[C@H]1CCCCN1C(=O)C[C@H](NC(=O)CCC(C)(C)C)C(=O)C[C@@H](C)c1nc2ccccc2[nH]1. The number of H-pyrrole nitrogens is 1. The fourth-order valence-electron chi connectivity index (χ4n) is 4.79. The van der Waals surface area contributed by atoms with Crippen LogP contribution in [0.15, 0.2) is 24.3 Å². The molecule has 1 aromatic heterocycles. The molecule has 0 radical (unpaired) electrons. The minimum Gasteiger partial charge on any atom is -0.346 e. The predicted octanol–water partition coefficient (Wildman–Crippen LogP) is 5.12. The van der Waals surface area contributed by atoms with Gasteiger partial charge in [0, 0.05) is 31.3 Å². The van der Waals surface area contributed by atoms with Crippen molar-refractivity contribution >= 4 is 28.6 Å². The molecule has 2 heterocycles. The molecule has 0 spiro atoms. The third-order valence-corrected chi connectivity index (χ3v) is 7.01. The molecule has 3 rings (SSSR count). The second-order valence-electron chi connectivity index (χ2n) is 11.2. The van der Waals surface area contributed by atoms with Gasteiger partial charge in [-0.15, -0.1) is 0 Å². The maximum Gasteiger partial charge on any atom is 0.225 e. The number of carbonyl (C=O) groups is 3. The number of hydrogen-bond donors (Lipinski definition) is 2. The summed E-state index contributed by atoms with van der Waals surface area (Å²) in [5.74, 6) is 0.249. The van der Waals surface area contributed by atoms with Crippen LogP contribution >= 0.6 is 0 Å². The number of likely N-dealkylation sites (tertiary alicyclic amines) is 1. The summed E-state index contributed by atoms with van der Waals surface area (Å²) >= 11 is 0. The summed E-state index contributed by atoms with van der Waals surface area (Å²) in [6.45, 7) is 11.0. The topological polar surface area (TPSA) is 95.2 Å². The van der Waals surface area contributed by atoms with Crippen molar-refractivity contribution in [3.8, 4) is 0 Å². The van der Waals surface area contributed by atoms with Crippen molar-refractivity contribution in [3.63, 3.8) is 0 Å². The lowest BCUT2D eigenvalue weighted by Gasteiger charge is -2.36. The highest BCUT2D eigenvalue weighted by Gasteiger charge is 2.31. The van der Waals surface area contributed by atoms with Crippen LogP contribution in [0, 0.1) is 5.41 Å². The number of piperidine rings is 1. The van der Waals surface area contributed by atoms with Gasteiger partial charge in [-0.1, -0.05) is 46.8 Å². The second kappa shape index (κ2) is 11.8. The number of aromatic amines is 1. The number of ketones is 1. The van der Waals surface area contributed by atoms with Crippen LogP contribution in [0.1, 0.15) is 97.7 Å². The number of rotatable bonds is 10. The Balaban J connectivity index is 1.71. The van der Waals surface area contributed by atoms with E-state index in [4.69, 9.17) is 0 Å². The van der Waals surface area contributed by atoms with Gasteiger partial charge in [-0.3, -0.25) is 14.4 Å². The molecule has 0 aliphatic carbocycles. The van der Waals surface area contributed by atoms with Crippen LogP contribution in [0.5, 0.6) is 0 Å². The largest absolute Gasteiger partial charge is 0.346 e. The molecule has 7 nitrogen and oxygen atoms in total. The molecule has 1 aliphatic heterocycles. The van der Waals surface area contributed by atoms with Crippen molar-refractivity contribution < 1.29 is 14.4 Å². The van der Waals surface area contributed by atoms with Gasteiger partial charge in [0.15, 0.2) is 5.78 Å². The van der Waals surface area contributed by atoms with E-state index in [1.165, 1.54) is 0 Å². The number of imidazole rings is 1. The van der Waals surface area contributed by atoms with Gasteiger partial charge in [0.2, 0.25) is 11.8 Å². The van der Waals surface area contributed by atoms with Crippen LogP contribution < -0.4 is 5.32 Å². The van der Waals surface area contributed by atoms with Gasteiger partial charge in [-0.05, 0) is 49.7 Å². The third-order valence-electron chi connectivity index (χ3n) is 7.01. The zero-order valence-electron chi connectivity index (χ0n) is 22.0. The van der Waals surface area contributed by atoms with Crippen molar-refractivity contribution in [2.45, 2.75) is 104 Å². The molecule has 1 aliphatic rings. The summed E-state index contributed by atoms with van der Waals surface area (Å²) in [6, 6.07) is 7.17. The summed E-state index contributed by atoms with van der Waals surface area (Å²) in [6.07, 6.45) is 5.30. The van der Waals surface area contributed by atoms with Crippen LogP contribution in [-0.2, 0) is 14.4 Å². The normalized spacial score (nSPS) is 18.3. The smallest absolute Gasteiger partial charge is 0.225 e. The summed E-state index contributed by atoms with van der Waals surface area (Å²) in [4.78, 5) is 49.3. The molecule has 2 N–H and O–H groups in total. The van der Waals surface area contributed by atoms with Crippen LogP contribution in [0.25, 0.3) is 11.0 Å². The highest BCUT2D eigenvalue weighted by Crippen LogP contribution is 2.24. The molecule has 0 unspecified atom stereocenters. The van der Waals surface area contributed by atoms with E-state index in [1.54, 1.807) is 0 Å². The lowest BCUT2D eigenvalue weighted by atomic mass is 9.90. The van der Waals surface area contributed by atoms with Gasteiger partial charge in [0.25, 0.3) is 0 Å². The second-order valence-corrected chi connectivity index (χ2v) is 11.2. The number of Topliss-reactive ketones (excluding diaryl/α,β-unsaturated/α-hetero) is 1. The van der Waals surface area contributed by atoms with Crippen molar-refractivity contribution in [2.24, 2.45) is 5.41 Å². The van der Waals surface area contributed by atoms with Crippen molar-refractivity contribution in [2.75, 3.05) is 6.54 Å². The lowest BCUT2D eigenvalue weighted by Crippen LogP contribution is -2.49. The Kier molecular flexibility index (Phi) is 9.09. The average molecular weight is 483 g/mol. The molecule has 3 atom stereocenters. The van der Waals surface area contributed by atoms with Gasteiger partial charge in [0.05, 0.1) is 23.5 Å². The van der Waals surface area contributed by atoms with E-state index >= 15 is 0 Å². The van der Waals surface area contributed by atoms with E-state index < -0.39 is 6.04 Å². The molecule has 7 heteroatoms. The fraction of sp³-hybridized carbons (Fsp3) is 0.643. The first-order valence-corrected chi connectivity index (χ1v) is 13.1. The Labute approximate surface area is 209 Å². The summed E-state index contributed by atoms with van der Waals surface area (Å²) in [7, 11) is 0. The molecule has 192 valence electrons. The third kappa shape index (κ3) is 7.64. The maximum absolute atomic E-state index is 13.4. The molecule has 1 aromatic carbocycles. The number of amides is 2. The van der Waals surface area contributed by atoms with Crippen LogP contribution in [0.2, 0.25) is 0 Å². The van der Waals surface area contributed by atoms with Crippen LogP contribution in [0.4, 0.5) is 0 Å². The molecule has 0 saturated carbocycles. The summed E-state index contributed by atoms with van der Waals surface area (Å²) in [5.41, 5.74) is 1.81. The summed E-state index contributed by atoms with van der Waals surface area (Å²) in [5, 5.41) is 2.91. The maximum atomic E-state index is 13.4. The number of aromatic nitrogens is 2. The van der Waals surface area contributed by atoms with E-state index in [0.29, 0.717) is 12.8 Å². The van der Waals surface area contributed by atoms with Gasteiger partial charge in [0.1, 0.15) is 5.82 Å². The average Bonchev–Trinajstić information content (AvgIpc) is 3.26. The molecular weight excluding hydrogens is 440 g/mol. The molecule has 1 saturated heterocycles. The first-order chi connectivity index (χ1) is 16.6. The number of benzene rings is 1. The quantitative estimate of drug-likeness (QED) is 0.491. The van der Waals surface area contributed by atoms with Crippen LogP contribution in [0.3, 0.4) is 0 Å². The Morgan fingerprint density at radius 1 is 1.17 bits per heavy atom. The number of nitrogens with one attached hydrogen (secondary N) is 2. The number of carbonyl (C=O) groups excluding carboxylic acids is 3. The van der Waals surface area contributed by atoms with E-state index in [-0.39, 0.29) is 47.8 Å². The predicted molar refractivity (Wildman–Crippen MR) is 139 cm³/mol. The van der Waals surface area contributed by atoms with Crippen molar-refractivity contribution in [3.05, 3.63) is 30.1 Å². The monoisotopic (exact) mass is 482 g/mol. The van der Waals surface area contributed by atoms with Gasteiger partial charge in [-0.2, -0.15) is 0 Å². The number of nitrogens with zero attached hydrogens (tertiary/aromatic N) is 2. The van der Waals surface area contributed by atoms with E-state index in [1.807, 2.05) is 36.1 Å². The molecule has 2 aromatic rings. The molecular formula is C28H42N4O3. The highest BCUT2D eigenvalue weighted by molar-refractivity contribution is 5.93. The van der Waals surface area contributed by atoms with Crippen LogP contribution in [-0.4, -0.2) is 51.1 Å². The molecule has 2 amide bonds. The highest BCUT2D eigenvalue weighted by atomic mass is 16.2. The standard InChI is InChI=1S/C28H42N4O3/c1-6-20-11-9-10-16-32(20)26(35)18-23(29-25(34)14-15-28(3,4)5)24(33)17-19(2)27-30-21-12-7-8-13-22(21)31-27/h7-8,12-13,19-20,23H,6,9-11,14-18H2,1-5H3,(H,29,34)(H,30,31)/t19-,20+,23+/m1/s1. The summed E-state index contributed by atoms with van der Waals surface area (Å²) < 4.78 is 0. The molecule has 35 heavy (non-hydrogen) atoms. The molecule has 1 fully saturated rings. The number of para-hydroxylation sites is 2. The first-order valence-electron chi connectivity index (χ1n) is 13.1. The minimum absolute atomic E-state index is 0.0173. The van der Waals surface area contributed by atoms with Gasteiger partial charge in [-0.25, -0.2) is 4.98 Å². The Morgan fingerprint density at radius 2 is 1.91 bits per heavy atom. The Bertz CT molecular complexity index is 990. The van der Waals surface area contributed by atoms with E-state index in [2.05, 4.69) is 43.0 Å². The number of fused-ring (bicyclic) bond motifs is 1. The fourth-order valence-corrected chi connectivity index (χ4v) is 4.79. The zero-order chi connectivity index (χ0) is 25.6. The lowest BCUT2D eigenvalue weighted by molar-refractivity contribution is -0.138.